The van der Waals surface area contributed by atoms with Gasteiger partial charge in [-0.15, -0.1) is 0 Å². The first-order valence-electron chi connectivity index (χ1n) is 9.05. The van der Waals surface area contributed by atoms with Crippen molar-refractivity contribution in [3.05, 3.63) is 53.5 Å². The van der Waals surface area contributed by atoms with Crippen LogP contribution in [0.1, 0.15) is 25.0 Å². The summed E-state index contributed by atoms with van der Waals surface area (Å²) in [5.74, 6) is -0.479. The molecule has 2 aromatic rings. The van der Waals surface area contributed by atoms with E-state index in [1.165, 1.54) is 36.8 Å². The molecule has 1 aromatic heterocycles. The van der Waals surface area contributed by atoms with Crippen molar-refractivity contribution in [2.75, 3.05) is 22.9 Å². The van der Waals surface area contributed by atoms with Crippen molar-refractivity contribution in [2.45, 2.75) is 19.3 Å². The number of thiocarbonyl (C=S) groups is 1. The van der Waals surface area contributed by atoms with E-state index in [9.17, 15) is 14.0 Å². The van der Waals surface area contributed by atoms with Gasteiger partial charge in [0.05, 0.1) is 5.69 Å². The second-order valence-electron chi connectivity index (χ2n) is 6.66. The molecule has 0 saturated carbocycles. The Morgan fingerprint density at radius 1 is 1.04 bits per heavy atom. The Morgan fingerprint density at radius 3 is 2.46 bits per heavy atom. The third kappa shape index (κ3) is 3.55. The molecule has 0 spiro atoms. The van der Waals surface area contributed by atoms with Gasteiger partial charge in [-0.3, -0.25) is 19.8 Å². The maximum absolute atomic E-state index is 13.2. The second kappa shape index (κ2) is 7.55. The quantitative estimate of drug-likeness (QED) is 0.488. The van der Waals surface area contributed by atoms with E-state index in [1.54, 1.807) is 6.07 Å². The van der Waals surface area contributed by atoms with Crippen LogP contribution in [-0.4, -0.2) is 30.0 Å². The predicted octanol–water partition coefficient (Wildman–Crippen LogP) is 3.24. The molecule has 6 nitrogen and oxygen atoms in total. The van der Waals surface area contributed by atoms with Crippen LogP contribution in [0.2, 0.25) is 0 Å². The number of carbonyl (C=O) groups is 2. The number of rotatable bonds is 3. The zero-order chi connectivity index (χ0) is 19.7. The van der Waals surface area contributed by atoms with Gasteiger partial charge in [0, 0.05) is 19.2 Å². The molecule has 0 unspecified atom stereocenters. The summed E-state index contributed by atoms with van der Waals surface area (Å²) < 4.78 is 19.0. The molecule has 144 valence electrons. The van der Waals surface area contributed by atoms with Gasteiger partial charge in [-0.25, -0.2) is 4.39 Å². The van der Waals surface area contributed by atoms with Crippen molar-refractivity contribution < 1.29 is 18.4 Å². The van der Waals surface area contributed by atoms with Crippen LogP contribution in [0.15, 0.2) is 46.4 Å². The van der Waals surface area contributed by atoms with E-state index in [2.05, 4.69) is 10.2 Å². The Labute approximate surface area is 166 Å². The van der Waals surface area contributed by atoms with Crippen LogP contribution in [-0.2, 0) is 9.59 Å². The minimum Gasteiger partial charge on any atom is -0.441 e. The van der Waals surface area contributed by atoms with Gasteiger partial charge in [-0.2, -0.15) is 0 Å². The predicted molar refractivity (Wildman–Crippen MR) is 107 cm³/mol. The molecule has 1 aromatic carbocycles. The number of hydrogen-bond donors (Lipinski definition) is 1. The molecule has 4 rings (SSSR count). The molecular weight excluding hydrogens is 381 g/mol. The molecular formula is C20H18FN3O3S. The van der Waals surface area contributed by atoms with Gasteiger partial charge in [-0.1, -0.05) is 0 Å². The summed E-state index contributed by atoms with van der Waals surface area (Å²) in [6.45, 7) is 1.85. The Morgan fingerprint density at radius 2 is 1.75 bits per heavy atom. The van der Waals surface area contributed by atoms with Crippen molar-refractivity contribution in [3.8, 4) is 0 Å². The number of anilines is 2. The molecule has 0 bridgehead atoms. The lowest BCUT2D eigenvalue weighted by Crippen LogP contribution is -2.54. The monoisotopic (exact) mass is 399 g/mol. The molecule has 0 atom stereocenters. The average Bonchev–Trinajstić information content (AvgIpc) is 3.16. The van der Waals surface area contributed by atoms with Crippen molar-refractivity contribution in [2.24, 2.45) is 0 Å². The lowest BCUT2D eigenvalue weighted by molar-refractivity contribution is -0.122. The average molecular weight is 399 g/mol. The summed E-state index contributed by atoms with van der Waals surface area (Å²) in [5, 5.41) is 2.45. The summed E-state index contributed by atoms with van der Waals surface area (Å²) in [4.78, 5) is 28.6. The standard InChI is InChI=1S/C20H18FN3O3S/c21-13-4-6-14(7-5-13)24-19(26)16(18(25)22-20(24)28)12-15-8-9-17(27-15)23-10-2-1-3-11-23/h4-9,12H,1-3,10-11H2,(H,22,25,28)/b16-12+. The smallest absolute Gasteiger partial charge is 0.270 e. The molecule has 0 radical (unpaired) electrons. The number of benzene rings is 1. The molecule has 2 saturated heterocycles. The van der Waals surface area contributed by atoms with Gasteiger partial charge in [-0.05, 0) is 67.9 Å². The SMILES string of the molecule is O=C1NC(=S)N(c2ccc(F)cc2)C(=O)/C1=C/c1ccc(N2CCCCC2)o1. The maximum Gasteiger partial charge on any atom is 0.270 e. The molecule has 0 aliphatic carbocycles. The summed E-state index contributed by atoms with van der Waals surface area (Å²) >= 11 is 5.13. The maximum atomic E-state index is 13.2. The first-order valence-corrected chi connectivity index (χ1v) is 9.45. The molecule has 3 heterocycles. The van der Waals surface area contributed by atoms with E-state index in [4.69, 9.17) is 16.6 Å². The van der Waals surface area contributed by atoms with Crippen molar-refractivity contribution in [3.63, 3.8) is 0 Å². The Balaban J connectivity index is 1.61. The summed E-state index contributed by atoms with van der Waals surface area (Å²) in [6, 6.07) is 8.87. The van der Waals surface area contributed by atoms with Gasteiger partial charge in [0.15, 0.2) is 11.0 Å². The van der Waals surface area contributed by atoms with E-state index in [-0.39, 0.29) is 10.7 Å². The third-order valence-electron chi connectivity index (χ3n) is 4.75. The van der Waals surface area contributed by atoms with Crippen molar-refractivity contribution in [1.29, 1.82) is 0 Å². The van der Waals surface area contributed by atoms with Crippen LogP contribution >= 0.6 is 12.2 Å². The summed E-state index contributed by atoms with van der Waals surface area (Å²) in [6.07, 6.45) is 4.84. The molecule has 2 fully saturated rings. The zero-order valence-electron chi connectivity index (χ0n) is 15.0. The highest BCUT2D eigenvalue weighted by atomic mass is 32.1. The Bertz CT molecular complexity index is 961. The highest BCUT2D eigenvalue weighted by molar-refractivity contribution is 7.80. The van der Waals surface area contributed by atoms with Gasteiger partial charge in [0.1, 0.15) is 17.2 Å². The van der Waals surface area contributed by atoms with E-state index in [1.807, 2.05) is 6.07 Å². The van der Waals surface area contributed by atoms with Crippen LogP contribution in [0.5, 0.6) is 0 Å². The molecule has 2 aliphatic rings. The lowest BCUT2D eigenvalue weighted by atomic mass is 10.1. The van der Waals surface area contributed by atoms with E-state index in [0.717, 1.165) is 36.7 Å². The molecule has 8 heteroatoms. The van der Waals surface area contributed by atoms with Crippen LogP contribution in [0.3, 0.4) is 0 Å². The third-order valence-corrected chi connectivity index (χ3v) is 5.04. The first kappa shape index (κ1) is 18.4. The largest absolute Gasteiger partial charge is 0.441 e. The fourth-order valence-electron chi connectivity index (χ4n) is 3.33. The molecule has 28 heavy (non-hydrogen) atoms. The number of carbonyl (C=O) groups excluding carboxylic acids is 2. The minimum absolute atomic E-state index is 0.0489. The topological polar surface area (TPSA) is 65.8 Å². The number of nitrogens with one attached hydrogen (secondary N) is 1. The summed E-state index contributed by atoms with van der Waals surface area (Å²) in [7, 11) is 0. The van der Waals surface area contributed by atoms with E-state index < -0.39 is 17.6 Å². The van der Waals surface area contributed by atoms with Crippen LogP contribution < -0.4 is 15.1 Å². The van der Waals surface area contributed by atoms with Gasteiger partial charge < -0.3 is 9.32 Å². The van der Waals surface area contributed by atoms with Gasteiger partial charge >= 0.3 is 0 Å². The fourth-order valence-corrected chi connectivity index (χ4v) is 3.61. The van der Waals surface area contributed by atoms with E-state index in [0.29, 0.717) is 11.4 Å². The van der Waals surface area contributed by atoms with Crippen molar-refractivity contribution in [1.82, 2.24) is 5.32 Å². The second-order valence-corrected chi connectivity index (χ2v) is 7.04. The van der Waals surface area contributed by atoms with Gasteiger partial charge in [0.2, 0.25) is 0 Å². The highest BCUT2D eigenvalue weighted by Gasteiger charge is 2.34. The van der Waals surface area contributed by atoms with Crippen LogP contribution in [0.4, 0.5) is 16.0 Å². The normalized spacial score (nSPS) is 19.3. The molecule has 2 aliphatic heterocycles. The number of halogens is 1. The number of nitrogens with zero attached hydrogens (tertiary/aromatic N) is 2. The minimum atomic E-state index is -0.593. The molecule has 2 amide bonds. The first-order chi connectivity index (χ1) is 13.5. The lowest BCUT2D eigenvalue weighted by Gasteiger charge is -2.28. The number of piperidine rings is 1. The van der Waals surface area contributed by atoms with Gasteiger partial charge in [0.25, 0.3) is 11.8 Å². The Hall–Kier alpha value is -3.00. The van der Waals surface area contributed by atoms with Crippen LogP contribution in [0.25, 0.3) is 6.08 Å². The summed E-state index contributed by atoms with van der Waals surface area (Å²) in [5.41, 5.74) is 0.271. The number of hydrogen-bond acceptors (Lipinski definition) is 5. The zero-order valence-corrected chi connectivity index (χ0v) is 15.8. The fraction of sp³-hybridized carbons (Fsp3) is 0.250. The molecule has 1 N–H and O–H groups in total. The number of furan rings is 1. The highest BCUT2D eigenvalue weighted by Crippen LogP contribution is 2.26. The van der Waals surface area contributed by atoms with E-state index >= 15 is 0 Å². The number of amides is 2. The Kier molecular flexibility index (Phi) is 4.95. The van der Waals surface area contributed by atoms with Crippen molar-refractivity contribution >= 4 is 46.8 Å². The van der Waals surface area contributed by atoms with Crippen LogP contribution in [0, 0.1) is 5.82 Å².